The molecule has 0 aromatic rings. The Kier molecular flexibility index (Phi) is 2.92. The van der Waals surface area contributed by atoms with E-state index in [4.69, 9.17) is 9.47 Å². The molecule has 6 atom stereocenters. The van der Waals surface area contributed by atoms with Crippen molar-refractivity contribution < 1.29 is 14.3 Å². The van der Waals surface area contributed by atoms with Crippen LogP contribution in [0, 0.1) is 23.2 Å². The van der Waals surface area contributed by atoms with Gasteiger partial charge in [-0.05, 0) is 18.8 Å². The summed E-state index contributed by atoms with van der Waals surface area (Å²) < 4.78 is 11.9. The molecule has 0 aromatic carbocycles. The monoisotopic (exact) mass is 264 g/mol. The van der Waals surface area contributed by atoms with Crippen LogP contribution in [0.5, 0.6) is 0 Å². The molecule has 0 radical (unpaired) electrons. The van der Waals surface area contributed by atoms with Crippen molar-refractivity contribution in [1.29, 1.82) is 0 Å². The Labute approximate surface area is 115 Å². The van der Waals surface area contributed by atoms with Crippen molar-refractivity contribution in [3.8, 4) is 0 Å². The van der Waals surface area contributed by atoms with E-state index in [2.05, 4.69) is 32.9 Å². The number of methoxy groups -OCH3 is 1. The highest BCUT2D eigenvalue weighted by Crippen LogP contribution is 2.62. The molecule has 1 saturated carbocycles. The van der Waals surface area contributed by atoms with Gasteiger partial charge < -0.3 is 9.47 Å². The molecule has 1 aliphatic heterocycles. The largest absolute Gasteiger partial charge is 0.356 e. The molecule has 2 bridgehead atoms. The van der Waals surface area contributed by atoms with E-state index in [1.807, 2.05) is 0 Å². The van der Waals surface area contributed by atoms with Gasteiger partial charge in [-0.25, -0.2) is 0 Å². The summed E-state index contributed by atoms with van der Waals surface area (Å²) in [7, 11) is 1.68. The summed E-state index contributed by atoms with van der Waals surface area (Å²) in [6.45, 7) is 6.61. The zero-order valence-corrected chi connectivity index (χ0v) is 12.3. The molecule has 3 nitrogen and oxygen atoms in total. The molecule has 3 heteroatoms. The van der Waals surface area contributed by atoms with Gasteiger partial charge in [0.25, 0.3) is 0 Å². The van der Waals surface area contributed by atoms with Crippen LogP contribution in [0.1, 0.15) is 40.0 Å². The van der Waals surface area contributed by atoms with Gasteiger partial charge >= 0.3 is 0 Å². The molecule has 3 rings (SSSR count). The fraction of sp³-hybridized carbons (Fsp3) is 0.812. The Bertz CT molecular complexity index is 430. The van der Waals surface area contributed by atoms with Gasteiger partial charge in [0.1, 0.15) is 5.78 Å². The van der Waals surface area contributed by atoms with Gasteiger partial charge in [-0.2, -0.15) is 0 Å². The van der Waals surface area contributed by atoms with Gasteiger partial charge in [0.05, 0.1) is 5.60 Å². The molecular formula is C16H24O3. The maximum atomic E-state index is 12.5. The second-order valence-electron chi connectivity index (χ2n) is 6.74. The van der Waals surface area contributed by atoms with Crippen LogP contribution in [-0.2, 0) is 14.3 Å². The predicted molar refractivity (Wildman–Crippen MR) is 72.5 cm³/mol. The first kappa shape index (κ1) is 13.3. The van der Waals surface area contributed by atoms with Crippen molar-refractivity contribution in [2.75, 3.05) is 7.11 Å². The molecule has 19 heavy (non-hydrogen) atoms. The van der Waals surface area contributed by atoms with Crippen molar-refractivity contribution in [3.63, 3.8) is 0 Å². The van der Waals surface area contributed by atoms with Crippen molar-refractivity contribution in [2.45, 2.75) is 51.9 Å². The fourth-order valence-electron chi connectivity index (χ4n) is 4.82. The molecule has 106 valence electrons. The normalized spacial score (nSPS) is 52.9. The average Bonchev–Trinajstić information content (AvgIpc) is 2.37. The number of allylic oxidation sites excluding steroid dienone is 1. The van der Waals surface area contributed by atoms with Crippen LogP contribution >= 0.6 is 0 Å². The molecule has 1 saturated heterocycles. The number of Topliss-reactive ketones (excluding diaryl/α,β-unsaturated/α-hetero) is 1. The SMILES string of the molecule is COC1OC23C=CCC(C)C2(C)C(C(=O)CC3)C1C. The van der Waals surface area contributed by atoms with E-state index < -0.39 is 0 Å². The lowest BCUT2D eigenvalue weighted by atomic mass is 9.47. The molecule has 2 fully saturated rings. The third-order valence-corrected chi connectivity index (χ3v) is 6.06. The fourth-order valence-corrected chi connectivity index (χ4v) is 4.82. The first-order chi connectivity index (χ1) is 8.96. The number of ketones is 1. The Morgan fingerprint density at radius 2 is 2.16 bits per heavy atom. The van der Waals surface area contributed by atoms with E-state index in [1.54, 1.807) is 7.11 Å². The highest BCUT2D eigenvalue weighted by molar-refractivity contribution is 5.84. The van der Waals surface area contributed by atoms with E-state index in [0.29, 0.717) is 18.1 Å². The van der Waals surface area contributed by atoms with Crippen LogP contribution in [0.3, 0.4) is 0 Å². The smallest absolute Gasteiger partial charge is 0.161 e. The second kappa shape index (κ2) is 4.16. The third kappa shape index (κ3) is 1.49. The summed E-state index contributed by atoms with van der Waals surface area (Å²) in [6, 6.07) is 0. The van der Waals surface area contributed by atoms with Crippen LogP contribution in [0.15, 0.2) is 12.2 Å². The molecule has 1 heterocycles. The molecule has 6 unspecified atom stereocenters. The number of hydrogen-bond acceptors (Lipinski definition) is 3. The number of ether oxygens (including phenoxy) is 2. The number of hydrogen-bond donors (Lipinski definition) is 0. The molecular weight excluding hydrogens is 240 g/mol. The summed E-state index contributed by atoms with van der Waals surface area (Å²) in [5.41, 5.74) is -0.401. The topological polar surface area (TPSA) is 35.5 Å². The number of rotatable bonds is 1. The Morgan fingerprint density at radius 3 is 2.84 bits per heavy atom. The Balaban J connectivity index is 2.15. The van der Waals surface area contributed by atoms with Crippen molar-refractivity contribution in [2.24, 2.45) is 23.2 Å². The van der Waals surface area contributed by atoms with Crippen LogP contribution in [0.25, 0.3) is 0 Å². The predicted octanol–water partition coefficient (Wildman–Crippen LogP) is 2.95. The summed E-state index contributed by atoms with van der Waals surface area (Å²) in [5.74, 6) is 1.05. The van der Waals surface area contributed by atoms with Crippen LogP contribution in [0.2, 0.25) is 0 Å². The maximum Gasteiger partial charge on any atom is 0.161 e. The quantitative estimate of drug-likeness (QED) is 0.683. The first-order valence-corrected chi connectivity index (χ1v) is 7.37. The van der Waals surface area contributed by atoms with Gasteiger partial charge in [0, 0.05) is 30.8 Å². The van der Waals surface area contributed by atoms with Gasteiger partial charge in [0.2, 0.25) is 0 Å². The molecule has 3 aliphatic rings. The minimum atomic E-state index is -0.309. The average molecular weight is 264 g/mol. The van der Waals surface area contributed by atoms with E-state index in [9.17, 15) is 4.79 Å². The molecule has 0 aromatic heterocycles. The summed E-state index contributed by atoms with van der Waals surface area (Å²) in [4.78, 5) is 12.5. The maximum absolute atomic E-state index is 12.5. The highest BCUT2D eigenvalue weighted by atomic mass is 16.7. The molecule has 0 N–H and O–H groups in total. The molecule has 0 spiro atoms. The number of carbonyl (C=O) groups excluding carboxylic acids is 1. The van der Waals surface area contributed by atoms with E-state index in [0.717, 1.165) is 12.8 Å². The van der Waals surface area contributed by atoms with Crippen molar-refractivity contribution >= 4 is 5.78 Å². The Hall–Kier alpha value is -0.670. The lowest BCUT2D eigenvalue weighted by molar-refractivity contribution is -0.313. The van der Waals surface area contributed by atoms with Gasteiger partial charge in [-0.3, -0.25) is 4.79 Å². The standard InChI is InChI=1S/C16H24O3/c1-10-6-5-8-16-9-7-12(17)13(15(10,16)3)11(2)14(18-4)19-16/h5,8,10-11,13-14H,6-7,9H2,1-4H3. The number of carbonyl (C=O) groups is 1. The van der Waals surface area contributed by atoms with Crippen LogP contribution in [0.4, 0.5) is 0 Å². The van der Waals surface area contributed by atoms with E-state index >= 15 is 0 Å². The molecule has 0 amide bonds. The third-order valence-electron chi connectivity index (χ3n) is 6.06. The summed E-state index contributed by atoms with van der Waals surface area (Å²) in [6.07, 6.45) is 6.64. The minimum Gasteiger partial charge on any atom is -0.356 e. The zero-order valence-electron chi connectivity index (χ0n) is 12.3. The molecule has 2 aliphatic carbocycles. The Morgan fingerprint density at radius 1 is 1.42 bits per heavy atom. The second-order valence-corrected chi connectivity index (χ2v) is 6.74. The zero-order chi connectivity index (χ0) is 13.8. The summed E-state index contributed by atoms with van der Waals surface area (Å²) >= 11 is 0. The highest BCUT2D eigenvalue weighted by Gasteiger charge is 2.66. The lowest BCUT2D eigenvalue weighted by Gasteiger charge is -2.64. The van der Waals surface area contributed by atoms with Crippen LogP contribution in [-0.4, -0.2) is 24.8 Å². The van der Waals surface area contributed by atoms with Crippen LogP contribution < -0.4 is 0 Å². The minimum absolute atomic E-state index is 0.0555. The van der Waals surface area contributed by atoms with Crippen molar-refractivity contribution in [3.05, 3.63) is 12.2 Å². The lowest BCUT2D eigenvalue weighted by Crippen LogP contribution is -2.68. The van der Waals surface area contributed by atoms with E-state index in [1.165, 1.54) is 0 Å². The van der Waals surface area contributed by atoms with Crippen molar-refractivity contribution in [1.82, 2.24) is 0 Å². The van der Waals surface area contributed by atoms with Gasteiger partial charge in [-0.15, -0.1) is 0 Å². The van der Waals surface area contributed by atoms with Gasteiger partial charge in [0.15, 0.2) is 6.29 Å². The van der Waals surface area contributed by atoms with Gasteiger partial charge in [-0.1, -0.05) is 32.9 Å². The van der Waals surface area contributed by atoms with E-state index in [-0.39, 0.29) is 29.1 Å². The first-order valence-electron chi connectivity index (χ1n) is 7.37. The summed E-state index contributed by atoms with van der Waals surface area (Å²) in [5, 5.41) is 0.